The van der Waals surface area contributed by atoms with Crippen LogP contribution in [0.3, 0.4) is 0 Å². The molecule has 0 aromatic carbocycles. The number of ether oxygens (including phenoxy) is 1. The Kier molecular flexibility index (Phi) is 3.82. The Morgan fingerprint density at radius 3 is 2.62 bits per heavy atom. The molecule has 2 aliphatic rings. The van der Waals surface area contributed by atoms with Crippen LogP contribution in [0.15, 0.2) is 0 Å². The van der Waals surface area contributed by atoms with E-state index in [0.29, 0.717) is 12.1 Å². The Labute approximate surface area is 96.6 Å². The normalized spacial score (nSPS) is 29.1. The Bertz CT molecular complexity index is 247. The van der Waals surface area contributed by atoms with Crippen LogP contribution < -0.4 is 0 Å². The van der Waals surface area contributed by atoms with Crippen molar-refractivity contribution < 1.29 is 14.6 Å². The average Bonchev–Trinajstić information content (AvgIpc) is 2.92. The van der Waals surface area contributed by atoms with Crippen LogP contribution >= 0.6 is 0 Å². The summed E-state index contributed by atoms with van der Waals surface area (Å²) in [4.78, 5) is 12.9. The maximum atomic E-state index is 10.8. The highest BCUT2D eigenvalue weighted by atomic mass is 16.5. The van der Waals surface area contributed by atoms with E-state index in [1.54, 1.807) is 0 Å². The van der Waals surface area contributed by atoms with Crippen LogP contribution in [0.25, 0.3) is 0 Å². The van der Waals surface area contributed by atoms with Crippen molar-refractivity contribution in [3.63, 3.8) is 0 Å². The van der Waals surface area contributed by atoms with E-state index >= 15 is 0 Å². The summed E-state index contributed by atoms with van der Waals surface area (Å²) in [5.74, 6) is 0.0472. The van der Waals surface area contributed by atoms with Crippen molar-refractivity contribution in [3.05, 3.63) is 0 Å². The number of hydrogen-bond acceptors (Lipinski definition) is 3. The summed E-state index contributed by atoms with van der Waals surface area (Å²) >= 11 is 0. The van der Waals surface area contributed by atoms with Crippen LogP contribution in [0.1, 0.15) is 32.6 Å². The molecule has 2 aliphatic carbocycles. The van der Waals surface area contributed by atoms with Crippen molar-refractivity contribution in [2.45, 2.75) is 44.8 Å². The van der Waals surface area contributed by atoms with Crippen molar-refractivity contribution in [1.29, 1.82) is 0 Å². The third kappa shape index (κ3) is 3.19. The van der Waals surface area contributed by atoms with Gasteiger partial charge in [0.15, 0.2) is 0 Å². The molecule has 0 aliphatic heterocycles. The lowest BCUT2D eigenvalue weighted by atomic mass is 9.87. The monoisotopic (exact) mass is 227 g/mol. The number of hydrogen-bond donors (Lipinski definition) is 1. The number of rotatable bonds is 7. The van der Waals surface area contributed by atoms with E-state index in [1.807, 2.05) is 6.92 Å². The molecule has 1 N–H and O–H groups in total. The van der Waals surface area contributed by atoms with Gasteiger partial charge in [0.1, 0.15) is 0 Å². The molecule has 0 amide bonds. The van der Waals surface area contributed by atoms with Gasteiger partial charge in [-0.1, -0.05) is 0 Å². The SMILES string of the molecule is CCOC1CC(N(CC(=O)O)CC2CC2)C1. The molecule has 0 aromatic rings. The minimum atomic E-state index is -0.708. The van der Waals surface area contributed by atoms with Crippen LogP contribution in [0.2, 0.25) is 0 Å². The topological polar surface area (TPSA) is 49.8 Å². The molecular formula is C12H21NO3. The first-order valence-electron chi connectivity index (χ1n) is 6.26. The zero-order valence-corrected chi connectivity index (χ0v) is 9.89. The molecule has 0 aromatic heterocycles. The van der Waals surface area contributed by atoms with Gasteiger partial charge in [-0.25, -0.2) is 0 Å². The molecular weight excluding hydrogens is 206 g/mol. The molecule has 4 nitrogen and oxygen atoms in total. The maximum absolute atomic E-state index is 10.8. The summed E-state index contributed by atoms with van der Waals surface area (Å²) in [6.07, 6.45) is 4.93. The second-order valence-corrected chi connectivity index (χ2v) is 4.97. The third-order valence-electron chi connectivity index (χ3n) is 3.52. The van der Waals surface area contributed by atoms with Crippen molar-refractivity contribution in [3.8, 4) is 0 Å². The van der Waals surface area contributed by atoms with E-state index in [-0.39, 0.29) is 6.54 Å². The molecule has 0 bridgehead atoms. The predicted molar refractivity (Wildman–Crippen MR) is 60.4 cm³/mol. The van der Waals surface area contributed by atoms with Crippen LogP contribution in [-0.4, -0.2) is 47.8 Å². The Balaban J connectivity index is 1.75. The van der Waals surface area contributed by atoms with Crippen LogP contribution in [0.4, 0.5) is 0 Å². The first kappa shape index (κ1) is 11.9. The molecule has 0 atom stereocenters. The predicted octanol–water partition coefficient (Wildman–Crippen LogP) is 1.35. The lowest BCUT2D eigenvalue weighted by Crippen LogP contribution is -2.50. The van der Waals surface area contributed by atoms with Crippen LogP contribution in [0, 0.1) is 5.92 Å². The van der Waals surface area contributed by atoms with Gasteiger partial charge >= 0.3 is 5.97 Å². The fourth-order valence-electron chi connectivity index (χ4n) is 2.36. The van der Waals surface area contributed by atoms with Crippen LogP contribution in [-0.2, 0) is 9.53 Å². The highest BCUT2D eigenvalue weighted by Gasteiger charge is 2.37. The van der Waals surface area contributed by atoms with Gasteiger partial charge in [-0.15, -0.1) is 0 Å². The van der Waals surface area contributed by atoms with Gasteiger partial charge in [-0.2, -0.15) is 0 Å². The van der Waals surface area contributed by atoms with E-state index in [4.69, 9.17) is 9.84 Å². The molecule has 0 spiro atoms. The second kappa shape index (κ2) is 5.15. The highest BCUT2D eigenvalue weighted by Crippen LogP contribution is 2.34. The number of carbonyl (C=O) groups is 1. The lowest BCUT2D eigenvalue weighted by molar-refractivity contribution is -0.141. The standard InChI is InChI=1S/C12H21NO3/c1-2-16-11-5-10(6-11)13(8-12(14)15)7-9-3-4-9/h9-11H,2-8H2,1H3,(H,14,15). The van der Waals surface area contributed by atoms with Crippen LogP contribution in [0.5, 0.6) is 0 Å². The number of carboxylic acids is 1. The molecule has 2 fully saturated rings. The van der Waals surface area contributed by atoms with E-state index < -0.39 is 5.97 Å². The van der Waals surface area contributed by atoms with E-state index in [9.17, 15) is 4.79 Å². The zero-order valence-electron chi connectivity index (χ0n) is 9.89. The van der Waals surface area contributed by atoms with Gasteiger partial charge in [0.25, 0.3) is 0 Å². The van der Waals surface area contributed by atoms with Crippen molar-refractivity contribution in [2.24, 2.45) is 5.92 Å². The van der Waals surface area contributed by atoms with Gasteiger partial charge in [0, 0.05) is 19.2 Å². The zero-order chi connectivity index (χ0) is 11.5. The molecule has 2 rings (SSSR count). The minimum absolute atomic E-state index is 0.194. The molecule has 0 unspecified atom stereocenters. The summed E-state index contributed by atoms with van der Waals surface area (Å²) in [6.45, 7) is 3.93. The smallest absolute Gasteiger partial charge is 0.317 e. The Hall–Kier alpha value is -0.610. The molecule has 2 saturated carbocycles. The summed E-state index contributed by atoms with van der Waals surface area (Å²) in [5, 5.41) is 8.88. The first-order valence-corrected chi connectivity index (χ1v) is 6.26. The van der Waals surface area contributed by atoms with E-state index in [0.717, 1.165) is 31.9 Å². The summed E-state index contributed by atoms with van der Waals surface area (Å²) in [7, 11) is 0. The van der Waals surface area contributed by atoms with Gasteiger partial charge in [-0.05, 0) is 38.5 Å². The molecule has 0 radical (unpaired) electrons. The third-order valence-corrected chi connectivity index (χ3v) is 3.52. The fraction of sp³-hybridized carbons (Fsp3) is 0.917. The van der Waals surface area contributed by atoms with Gasteiger partial charge in [0.2, 0.25) is 0 Å². The minimum Gasteiger partial charge on any atom is -0.480 e. The van der Waals surface area contributed by atoms with E-state index in [1.165, 1.54) is 12.8 Å². The van der Waals surface area contributed by atoms with Crippen molar-refractivity contribution in [2.75, 3.05) is 19.7 Å². The van der Waals surface area contributed by atoms with Crippen molar-refractivity contribution in [1.82, 2.24) is 4.90 Å². The fourth-order valence-corrected chi connectivity index (χ4v) is 2.36. The Morgan fingerprint density at radius 1 is 1.44 bits per heavy atom. The van der Waals surface area contributed by atoms with Gasteiger partial charge < -0.3 is 9.84 Å². The second-order valence-electron chi connectivity index (χ2n) is 4.97. The molecule has 92 valence electrons. The maximum Gasteiger partial charge on any atom is 0.317 e. The molecule has 0 heterocycles. The quantitative estimate of drug-likeness (QED) is 0.713. The average molecular weight is 227 g/mol. The van der Waals surface area contributed by atoms with Gasteiger partial charge in [0.05, 0.1) is 12.6 Å². The summed E-state index contributed by atoms with van der Waals surface area (Å²) in [6, 6.07) is 0.438. The largest absolute Gasteiger partial charge is 0.480 e. The summed E-state index contributed by atoms with van der Waals surface area (Å²) < 4.78 is 5.51. The molecule has 4 heteroatoms. The highest BCUT2D eigenvalue weighted by molar-refractivity contribution is 5.69. The van der Waals surface area contributed by atoms with Gasteiger partial charge in [-0.3, -0.25) is 9.69 Å². The number of aliphatic carboxylic acids is 1. The van der Waals surface area contributed by atoms with E-state index in [2.05, 4.69) is 4.90 Å². The summed E-state index contributed by atoms with van der Waals surface area (Å²) in [5.41, 5.74) is 0. The Morgan fingerprint density at radius 2 is 2.12 bits per heavy atom. The molecule has 16 heavy (non-hydrogen) atoms. The molecule has 0 saturated heterocycles. The lowest BCUT2D eigenvalue weighted by Gasteiger charge is -2.42. The number of carboxylic acid groups (broad SMARTS) is 1. The number of nitrogens with zero attached hydrogens (tertiary/aromatic N) is 1. The van der Waals surface area contributed by atoms with Crippen molar-refractivity contribution >= 4 is 5.97 Å². The first-order chi connectivity index (χ1) is 7.69.